The molecule has 0 spiro atoms. The minimum absolute atomic E-state index is 0.288. The van der Waals surface area contributed by atoms with Crippen LogP contribution in [-0.2, 0) is 0 Å². The number of hydrogen-bond acceptors (Lipinski definition) is 4. The van der Waals surface area contributed by atoms with Gasteiger partial charge in [-0.2, -0.15) is 13.2 Å². The van der Waals surface area contributed by atoms with E-state index >= 15 is 0 Å². The molecule has 5 nitrogen and oxygen atoms in total. The van der Waals surface area contributed by atoms with Gasteiger partial charge in [0.15, 0.2) is 12.4 Å². The highest BCUT2D eigenvalue weighted by atomic mass is 19.4. The van der Waals surface area contributed by atoms with Crippen molar-refractivity contribution in [1.29, 1.82) is 0 Å². The molecular formula is C16H15F4N3O2. The fourth-order valence-corrected chi connectivity index (χ4v) is 1.98. The van der Waals surface area contributed by atoms with Gasteiger partial charge in [0.05, 0.1) is 6.04 Å². The van der Waals surface area contributed by atoms with Crippen molar-refractivity contribution in [3.8, 4) is 5.88 Å². The Labute approximate surface area is 141 Å². The van der Waals surface area contributed by atoms with Gasteiger partial charge < -0.3 is 10.1 Å². The van der Waals surface area contributed by atoms with Gasteiger partial charge in [0.25, 0.3) is 11.8 Å². The number of aromatic nitrogens is 2. The van der Waals surface area contributed by atoms with Gasteiger partial charge in [0, 0.05) is 23.7 Å². The lowest BCUT2D eigenvalue weighted by atomic mass is 10.1. The zero-order valence-corrected chi connectivity index (χ0v) is 13.4. The second-order valence-corrected chi connectivity index (χ2v) is 5.34. The summed E-state index contributed by atoms with van der Waals surface area (Å²) in [7, 11) is 0. The summed E-state index contributed by atoms with van der Waals surface area (Å²) in [5, 5.41) is 2.65. The summed E-state index contributed by atoms with van der Waals surface area (Å²) >= 11 is 0. The van der Waals surface area contributed by atoms with Crippen LogP contribution in [0.15, 0.2) is 30.6 Å². The van der Waals surface area contributed by atoms with E-state index in [1.165, 1.54) is 12.3 Å². The third-order valence-electron chi connectivity index (χ3n) is 3.21. The normalized spacial score (nSPS) is 12.6. The second kappa shape index (κ2) is 7.45. The van der Waals surface area contributed by atoms with E-state index in [0.29, 0.717) is 11.3 Å². The van der Waals surface area contributed by atoms with E-state index in [-0.39, 0.29) is 5.56 Å². The molecule has 134 valence electrons. The molecule has 0 fully saturated rings. The number of nitrogens with zero attached hydrogens (tertiary/aromatic N) is 2. The van der Waals surface area contributed by atoms with E-state index in [9.17, 15) is 22.4 Å². The molecule has 2 aromatic heterocycles. The monoisotopic (exact) mass is 357 g/mol. The van der Waals surface area contributed by atoms with Crippen molar-refractivity contribution in [3.63, 3.8) is 0 Å². The van der Waals surface area contributed by atoms with Gasteiger partial charge in [-0.15, -0.1) is 0 Å². The van der Waals surface area contributed by atoms with E-state index < -0.39 is 36.4 Å². The van der Waals surface area contributed by atoms with E-state index in [4.69, 9.17) is 0 Å². The first kappa shape index (κ1) is 18.6. The molecule has 0 aromatic carbocycles. The van der Waals surface area contributed by atoms with Crippen LogP contribution in [-0.4, -0.2) is 28.7 Å². The first-order valence-electron chi connectivity index (χ1n) is 7.24. The smallest absolute Gasteiger partial charge is 0.422 e. The van der Waals surface area contributed by atoms with Gasteiger partial charge in [-0.3, -0.25) is 9.78 Å². The molecule has 1 atom stereocenters. The highest BCUT2D eigenvalue weighted by Crippen LogP contribution is 2.22. The largest absolute Gasteiger partial charge is 0.466 e. The molecule has 1 N–H and O–H groups in total. The maximum Gasteiger partial charge on any atom is 0.422 e. The highest BCUT2D eigenvalue weighted by Gasteiger charge is 2.29. The lowest BCUT2D eigenvalue weighted by molar-refractivity contribution is -0.154. The summed E-state index contributed by atoms with van der Waals surface area (Å²) in [4.78, 5) is 19.7. The van der Waals surface area contributed by atoms with Gasteiger partial charge in [-0.05, 0) is 37.6 Å². The highest BCUT2D eigenvalue weighted by molar-refractivity contribution is 5.94. The number of amides is 1. The standard InChI is InChI=1S/C16H15F4N3O2/c1-9-5-11(3-4-21-9)14(24)23-10(2)12-6-13(17)15(22-7-12)25-8-16(18,19)20/h3-7,10H,8H2,1-2H3,(H,23,24). The van der Waals surface area contributed by atoms with Gasteiger partial charge >= 0.3 is 6.18 Å². The summed E-state index contributed by atoms with van der Waals surface area (Å²) in [6, 6.07) is 3.48. The van der Waals surface area contributed by atoms with Crippen molar-refractivity contribution in [2.75, 3.05) is 6.61 Å². The van der Waals surface area contributed by atoms with Crippen LogP contribution in [0.3, 0.4) is 0 Å². The molecule has 0 aliphatic heterocycles. The third-order valence-corrected chi connectivity index (χ3v) is 3.21. The predicted molar refractivity (Wildman–Crippen MR) is 80.6 cm³/mol. The Hall–Kier alpha value is -2.71. The number of carbonyl (C=O) groups is 1. The topological polar surface area (TPSA) is 64.1 Å². The van der Waals surface area contributed by atoms with Crippen LogP contribution in [0.2, 0.25) is 0 Å². The summed E-state index contributed by atoms with van der Waals surface area (Å²) in [5.74, 6) is -2.18. The molecule has 2 heterocycles. The van der Waals surface area contributed by atoms with E-state index in [2.05, 4.69) is 20.0 Å². The second-order valence-electron chi connectivity index (χ2n) is 5.34. The Balaban J connectivity index is 2.05. The molecule has 0 bridgehead atoms. The summed E-state index contributed by atoms with van der Waals surface area (Å²) < 4.78 is 54.4. The van der Waals surface area contributed by atoms with Crippen LogP contribution in [0.1, 0.15) is 34.6 Å². The number of ether oxygens (including phenoxy) is 1. The Kier molecular flexibility index (Phi) is 5.55. The Morgan fingerprint density at radius 2 is 2.04 bits per heavy atom. The van der Waals surface area contributed by atoms with Crippen LogP contribution in [0.25, 0.3) is 0 Å². The van der Waals surface area contributed by atoms with Gasteiger partial charge in [0.2, 0.25) is 0 Å². The Morgan fingerprint density at radius 1 is 1.32 bits per heavy atom. The molecule has 2 aromatic rings. The zero-order chi connectivity index (χ0) is 18.6. The summed E-state index contributed by atoms with van der Waals surface area (Å²) in [5.41, 5.74) is 1.34. The number of hydrogen-bond donors (Lipinski definition) is 1. The lowest BCUT2D eigenvalue weighted by Gasteiger charge is -2.15. The SMILES string of the molecule is Cc1cc(C(=O)NC(C)c2cnc(OCC(F)(F)F)c(F)c2)ccn1. The number of aryl methyl sites for hydroxylation is 1. The average Bonchev–Trinajstić information content (AvgIpc) is 2.52. The van der Waals surface area contributed by atoms with Crippen molar-refractivity contribution < 1.29 is 27.1 Å². The molecule has 0 radical (unpaired) electrons. The predicted octanol–water partition coefficient (Wildman–Crippen LogP) is 3.36. The van der Waals surface area contributed by atoms with Crippen molar-refractivity contribution >= 4 is 5.91 Å². The average molecular weight is 357 g/mol. The molecule has 0 aliphatic rings. The minimum atomic E-state index is -4.59. The number of nitrogens with one attached hydrogen (secondary N) is 1. The molecular weight excluding hydrogens is 342 g/mol. The van der Waals surface area contributed by atoms with Crippen molar-refractivity contribution in [2.45, 2.75) is 26.1 Å². The Morgan fingerprint density at radius 3 is 2.64 bits per heavy atom. The molecule has 1 amide bonds. The minimum Gasteiger partial charge on any atom is -0.466 e. The lowest BCUT2D eigenvalue weighted by Crippen LogP contribution is -2.27. The Bertz CT molecular complexity index is 765. The molecule has 0 saturated carbocycles. The molecule has 9 heteroatoms. The van der Waals surface area contributed by atoms with E-state index in [1.807, 2.05) is 0 Å². The van der Waals surface area contributed by atoms with Gasteiger partial charge in [0.1, 0.15) is 0 Å². The first-order chi connectivity index (χ1) is 11.7. The van der Waals surface area contributed by atoms with Crippen LogP contribution in [0.4, 0.5) is 17.6 Å². The number of rotatable bonds is 5. The van der Waals surface area contributed by atoms with Crippen LogP contribution < -0.4 is 10.1 Å². The molecule has 25 heavy (non-hydrogen) atoms. The fraction of sp³-hybridized carbons (Fsp3) is 0.312. The summed E-state index contributed by atoms with van der Waals surface area (Å²) in [6.07, 6.45) is -1.95. The van der Waals surface area contributed by atoms with Gasteiger partial charge in [-0.25, -0.2) is 9.37 Å². The van der Waals surface area contributed by atoms with Crippen molar-refractivity contribution in [1.82, 2.24) is 15.3 Å². The van der Waals surface area contributed by atoms with Crippen molar-refractivity contribution in [3.05, 3.63) is 53.2 Å². The number of pyridine rings is 2. The van der Waals surface area contributed by atoms with Gasteiger partial charge in [-0.1, -0.05) is 0 Å². The molecule has 0 aliphatic carbocycles. The quantitative estimate of drug-likeness (QED) is 0.834. The number of halogens is 4. The van der Waals surface area contributed by atoms with Crippen LogP contribution >= 0.6 is 0 Å². The molecule has 0 saturated heterocycles. The molecule has 1 unspecified atom stereocenters. The maximum absolute atomic E-state index is 13.8. The maximum atomic E-state index is 13.8. The van der Waals surface area contributed by atoms with Crippen LogP contribution in [0.5, 0.6) is 5.88 Å². The van der Waals surface area contributed by atoms with E-state index in [0.717, 1.165) is 12.3 Å². The zero-order valence-electron chi connectivity index (χ0n) is 13.4. The van der Waals surface area contributed by atoms with Crippen molar-refractivity contribution in [2.24, 2.45) is 0 Å². The first-order valence-corrected chi connectivity index (χ1v) is 7.24. The molecule has 2 rings (SSSR count). The van der Waals surface area contributed by atoms with Crippen LogP contribution in [0, 0.1) is 12.7 Å². The number of carbonyl (C=O) groups excluding carboxylic acids is 1. The third kappa shape index (κ3) is 5.40. The fourth-order valence-electron chi connectivity index (χ4n) is 1.98. The number of alkyl halides is 3. The van der Waals surface area contributed by atoms with E-state index in [1.54, 1.807) is 19.9 Å². The summed E-state index contributed by atoms with van der Waals surface area (Å²) in [6.45, 7) is 1.70.